The third-order valence-corrected chi connectivity index (χ3v) is 4.89. The van der Waals surface area contributed by atoms with Crippen LogP contribution in [0.3, 0.4) is 0 Å². The van der Waals surface area contributed by atoms with Crippen molar-refractivity contribution in [1.82, 2.24) is 0 Å². The summed E-state index contributed by atoms with van der Waals surface area (Å²) in [6.45, 7) is 0. The third kappa shape index (κ3) is 0.854. The predicted octanol–water partition coefficient (Wildman–Crippen LogP) is 3.61. The highest BCUT2D eigenvalue weighted by atomic mass is 79.9. The van der Waals surface area contributed by atoms with Crippen LogP contribution in [0.5, 0.6) is 0 Å². The molecule has 12 heavy (non-hydrogen) atoms. The van der Waals surface area contributed by atoms with Gasteiger partial charge in [0.2, 0.25) is 0 Å². The minimum atomic E-state index is 0.400. The van der Waals surface area contributed by atoms with Crippen molar-refractivity contribution < 1.29 is 0 Å². The molecule has 3 rings (SSSR count). The van der Waals surface area contributed by atoms with Crippen LogP contribution in [0.4, 0.5) is 0 Å². The molecule has 0 amide bonds. The van der Waals surface area contributed by atoms with Gasteiger partial charge in [0.1, 0.15) is 0 Å². The Morgan fingerprint density at radius 1 is 1.58 bits per heavy atom. The molecule has 0 fully saturated rings. The molecule has 1 spiro atoms. The van der Waals surface area contributed by atoms with Crippen molar-refractivity contribution in [1.29, 1.82) is 0 Å². The van der Waals surface area contributed by atoms with E-state index in [1.807, 2.05) is 11.8 Å². The predicted molar refractivity (Wildman–Crippen MR) is 57.3 cm³/mol. The Labute approximate surface area is 84.9 Å². The van der Waals surface area contributed by atoms with E-state index in [1.165, 1.54) is 17.3 Å². The van der Waals surface area contributed by atoms with Gasteiger partial charge in [0.05, 0.1) is 0 Å². The van der Waals surface area contributed by atoms with Gasteiger partial charge in [-0.3, -0.25) is 0 Å². The number of allylic oxidation sites excluding steroid dienone is 5. The average Bonchev–Trinajstić information content (AvgIpc) is 2.58. The van der Waals surface area contributed by atoms with Gasteiger partial charge < -0.3 is 0 Å². The van der Waals surface area contributed by atoms with E-state index >= 15 is 0 Å². The topological polar surface area (TPSA) is 0 Å². The van der Waals surface area contributed by atoms with Gasteiger partial charge in [0, 0.05) is 15.1 Å². The molecule has 0 nitrogen and oxygen atoms in total. The van der Waals surface area contributed by atoms with Crippen LogP contribution in [0, 0.1) is 5.41 Å². The number of hydrogen-bond donors (Lipinski definition) is 0. The fourth-order valence-electron chi connectivity index (χ4n) is 2.22. The molecule has 1 aliphatic heterocycles. The molecule has 2 bridgehead atoms. The molecule has 3 aliphatic rings. The standard InChI is InChI=1S/C10H9BrS/c11-7-1-3-10-4-2-8(6-10)12-9(10)5-7/h1,3,5-6,9H,2,4H2. The molecule has 62 valence electrons. The highest BCUT2D eigenvalue weighted by Gasteiger charge is 2.45. The lowest BCUT2D eigenvalue weighted by Gasteiger charge is -2.32. The lowest BCUT2D eigenvalue weighted by molar-refractivity contribution is 0.493. The summed E-state index contributed by atoms with van der Waals surface area (Å²) < 4.78 is 1.24. The number of halogens is 1. The van der Waals surface area contributed by atoms with Crippen molar-refractivity contribution in [3.8, 4) is 0 Å². The maximum atomic E-state index is 3.53. The molecular formula is C10H9BrS. The number of hydrogen-bond acceptors (Lipinski definition) is 1. The second-order valence-electron chi connectivity index (χ2n) is 3.65. The van der Waals surface area contributed by atoms with Crippen LogP contribution in [-0.2, 0) is 0 Å². The van der Waals surface area contributed by atoms with Crippen molar-refractivity contribution in [3.05, 3.63) is 33.7 Å². The Bertz CT molecular complexity index is 327. The van der Waals surface area contributed by atoms with Crippen LogP contribution in [0.1, 0.15) is 12.8 Å². The Morgan fingerprint density at radius 2 is 2.50 bits per heavy atom. The zero-order valence-electron chi connectivity index (χ0n) is 6.59. The largest absolute Gasteiger partial charge is 0.122 e. The lowest BCUT2D eigenvalue weighted by Crippen LogP contribution is -2.26. The SMILES string of the molecule is BrC1=CC2SC3=CC2(C=C1)CC3. The first-order valence-electron chi connectivity index (χ1n) is 4.23. The van der Waals surface area contributed by atoms with Crippen LogP contribution in [0.15, 0.2) is 33.7 Å². The summed E-state index contributed by atoms with van der Waals surface area (Å²) in [4.78, 5) is 1.60. The summed E-state index contributed by atoms with van der Waals surface area (Å²) in [5.74, 6) is 0. The van der Waals surface area contributed by atoms with Crippen molar-refractivity contribution in [2.45, 2.75) is 18.1 Å². The van der Waals surface area contributed by atoms with E-state index in [9.17, 15) is 0 Å². The summed E-state index contributed by atoms with van der Waals surface area (Å²) in [5.41, 5.74) is 0.400. The average molecular weight is 241 g/mol. The second kappa shape index (κ2) is 2.30. The smallest absolute Gasteiger partial charge is 0.0411 e. The molecule has 0 aromatic heterocycles. The summed E-state index contributed by atoms with van der Waals surface area (Å²) in [5, 5.41) is 0.681. The van der Waals surface area contributed by atoms with E-state index in [4.69, 9.17) is 0 Å². The van der Waals surface area contributed by atoms with Gasteiger partial charge in [-0.2, -0.15) is 0 Å². The maximum Gasteiger partial charge on any atom is 0.0411 e. The summed E-state index contributed by atoms with van der Waals surface area (Å²) >= 11 is 5.57. The highest BCUT2D eigenvalue weighted by Crippen LogP contribution is 2.58. The Balaban J connectivity index is 2.07. The fraction of sp³-hybridized carbons (Fsp3) is 0.400. The van der Waals surface area contributed by atoms with E-state index in [1.54, 1.807) is 4.91 Å². The van der Waals surface area contributed by atoms with Gasteiger partial charge in [-0.05, 0) is 17.7 Å². The van der Waals surface area contributed by atoms with Gasteiger partial charge in [0.15, 0.2) is 0 Å². The monoisotopic (exact) mass is 240 g/mol. The highest BCUT2D eigenvalue weighted by molar-refractivity contribution is 9.11. The Hall–Kier alpha value is 0.0500. The van der Waals surface area contributed by atoms with Crippen LogP contribution in [-0.4, -0.2) is 5.25 Å². The molecular weight excluding hydrogens is 232 g/mol. The summed E-state index contributed by atoms with van der Waals surface area (Å²) in [7, 11) is 0. The van der Waals surface area contributed by atoms with Crippen LogP contribution >= 0.6 is 27.7 Å². The molecule has 2 aliphatic carbocycles. The molecule has 2 heteroatoms. The van der Waals surface area contributed by atoms with E-state index in [0.29, 0.717) is 10.7 Å². The van der Waals surface area contributed by atoms with E-state index in [0.717, 1.165) is 0 Å². The van der Waals surface area contributed by atoms with Crippen molar-refractivity contribution in [2.24, 2.45) is 5.41 Å². The first kappa shape index (κ1) is 7.45. The van der Waals surface area contributed by atoms with Crippen molar-refractivity contribution in [2.75, 3.05) is 0 Å². The zero-order valence-corrected chi connectivity index (χ0v) is 8.99. The molecule has 0 aromatic rings. The van der Waals surface area contributed by atoms with Gasteiger partial charge in [-0.25, -0.2) is 0 Å². The van der Waals surface area contributed by atoms with Crippen LogP contribution < -0.4 is 0 Å². The molecule has 2 atom stereocenters. The molecule has 0 N–H and O–H groups in total. The van der Waals surface area contributed by atoms with Crippen LogP contribution in [0.25, 0.3) is 0 Å². The number of rotatable bonds is 0. The minimum Gasteiger partial charge on any atom is -0.122 e. The van der Waals surface area contributed by atoms with E-state index < -0.39 is 0 Å². The van der Waals surface area contributed by atoms with E-state index in [2.05, 4.69) is 40.2 Å². The normalized spacial score (nSPS) is 42.6. The first-order valence-corrected chi connectivity index (χ1v) is 5.91. The summed E-state index contributed by atoms with van der Waals surface area (Å²) in [6.07, 6.45) is 12.0. The number of thioether (sulfide) groups is 1. The molecule has 1 heterocycles. The van der Waals surface area contributed by atoms with Gasteiger partial charge in [0.25, 0.3) is 0 Å². The molecule has 0 aromatic carbocycles. The van der Waals surface area contributed by atoms with Gasteiger partial charge in [-0.1, -0.05) is 40.2 Å². The lowest BCUT2D eigenvalue weighted by atomic mass is 9.81. The molecule has 0 saturated carbocycles. The Kier molecular flexibility index (Phi) is 1.43. The zero-order chi connectivity index (χ0) is 8.18. The van der Waals surface area contributed by atoms with Crippen molar-refractivity contribution >= 4 is 27.7 Å². The molecule has 0 radical (unpaired) electrons. The molecule has 2 unspecified atom stereocenters. The minimum absolute atomic E-state index is 0.400. The maximum absolute atomic E-state index is 3.53. The molecule has 0 saturated heterocycles. The third-order valence-electron chi connectivity index (χ3n) is 2.91. The van der Waals surface area contributed by atoms with E-state index in [-0.39, 0.29) is 0 Å². The van der Waals surface area contributed by atoms with Gasteiger partial charge in [-0.15, -0.1) is 11.8 Å². The summed E-state index contributed by atoms with van der Waals surface area (Å²) in [6, 6.07) is 0. The second-order valence-corrected chi connectivity index (χ2v) is 5.83. The van der Waals surface area contributed by atoms with Crippen LogP contribution in [0.2, 0.25) is 0 Å². The fourth-order valence-corrected chi connectivity index (χ4v) is 4.33. The van der Waals surface area contributed by atoms with Crippen molar-refractivity contribution in [3.63, 3.8) is 0 Å². The first-order chi connectivity index (χ1) is 5.78. The Morgan fingerprint density at radius 3 is 3.33 bits per heavy atom. The van der Waals surface area contributed by atoms with Gasteiger partial charge >= 0.3 is 0 Å². The quantitative estimate of drug-likeness (QED) is 0.624.